The molecule has 0 bridgehead atoms. The first-order valence-corrected chi connectivity index (χ1v) is 12.6. The smallest absolute Gasteiger partial charge is 0.270 e. The Hall–Kier alpha value is -2.93. The average molecular weight is 461 g/mol. The van der Waals surface area contributed by atoms with Crippen molar-refractivity contribution in [2.24, 2.45) is 5.92 Å². The largest absolute Gasteiger partial charge is 0.343 e. The van der Waals surface area contributed by atoms with E-state index in [9.17, 15) is 4.79 Å². The highest BCUT2D eigenvalue weighted by Gasteiger charge is 2.46. The Morgan fingerprint density at radius 3 is 2.53 bits per heavy atom. The molecule has 0 spiro atoms. The van der Waals surface area contributed by atoms with Gasteiger partial charge in [0.15, 0.2) is 0 Å². The van der Waals surface area contributed by atoms with E-state index in [1.165, 1.54) is 24.8 Å². The number of benzene rings is 1. The van der Waals surface area contributed by atoms with Gasteiger partial charge in [-0.05, 0) is 80.8 Å². The number of rotatable bonds is 6. The monoisotopic (exact) mass is 460 g/mol. The molecule has 2 aliphatic rings. The van der Waals surface area contributed by atoms with Gasteiger partial charge in [-0.1, -0.05) is 26.0 Å². The summed E-state index contributed by atoms with van der Waals surface area (Å²) in [6, 6.07) is 10.6. The van der Waals surface area contributed by atoms with Crippen LogP contribution in [0, 0.1) is 5.92 Å². The summed E-state index contributed by atoms with van der Waals surface area (Å²) in [7, 11) is 3.61. The molecule has 1 aliphatic carbocycles. The zero-order chi connectivity index (χ0) is 23.9. The molecule has 2 atom stereocenters. The maximum absolute atomic E-state index is 13.1. The molecule has 7 heteroatoms. The molecule has 7 nitrogen and oxygen atoms in total. The Kier molecular flexibility index (Phi) is 6.06. The van der Waals surface area contributed by atoms with E-state index < -0.39 is 0 Å². The fraction of sp³-hybridized carbons (Fsp3) is 0.519. The van der Waals surface area contributed by atoms with E-state index in [0.717, 1.165) is 42.7 Å². The highest BCUT2D eigenvalue weighted by molar-refractivity contribution is 5.98. The van der Waals surface area contributed by atoms with Gasteiger partial charge >= 0.3 is 0 Å². The van der Waals surface area contributed by atoms with Crippen molar-refractivity contribution in [2.75, 3.05) is 32.5 Å². The fourth-order valence-corrected chi connectivity index (χ4v) is 5.79. The van der Waals surface area contributed by atoms with Gasteiger partial charge in [0.1, 0.15) is 11.3 Å². The molecule has 1 amide bonds. The number of anilines is 2. The van der Waals surface area contributed by atoms with Crippen molar-refractivity contribution >= 4 is 28.6 Å². The zero-order valence-electron chi connectivity index (χ0n) is 20.8. The minimum Gasteiger partial charge on any atom is -0.343 e. The summed E-state index contributed by atoms with van der Waals surface area (Å²) >= 11 is 0. The summed E-state index contributed by atoms with van der Waals surface area (Å²) in [5, 5.41) is 7.73. The second-order valence-corrected chi connectivity index (χ2v) is 10.2. The third kappa shape index (κ3) is 3.86. The summed E-state index contributed by atoms with van der Waals surface area (Å²) in [4.78, 5) is 24.3. The first kappa shape index (κ1) is 22.8. The van der Waals surface area contributed by atoms with E-state index in [4.69, 9.17) is 4.98 Å². The molecule has 34 heavy (non-hydrogen) atoms. The van der Waals surface area contributed by atoms with Crippen LogP contribution in [-0.2, 0) is 5.54 Å². The molecular weight excluding hydrogens is 424 g/mol. The van der Waals surface area contributed by atoms with Crippen molar-refractivity contribution in [1.82, 2.24) is 24.8 Å². The van der Waals surface area contributed by atoms with Crippen LogP contribution < -0.4 is 10.6 Å². The molecule has 1 aromatic carbocycles. The van der Waals surface area contributed by atoms with Gasteiger partial charge in [0.25, 0.3) is 5.91 Å². The van der Waals surface area contributed by atoms with Gasteiger partial charge in [0.2, 0.25) is 5.95 Å². The molecule has 3 aromatic rings. The average Bonchev–Trinajstić information content (AvgIpc) is 3.23. The maximum Gasteiger partial charge on any atom is 0.270 e. The van der Waals surface area contributed by atoms with Crippen molar-refractivity contribution < 1.29 is 4.79 Å². The number of hydrogen-bond donors (Lipinski definition) is 2. The quantitative estimate of drug-likeness (QED) is 0.548. The Morgan fingerprint density at radius 1 is 1.21 bits per heavy atom. The second kappa shape index (κ2) is 9.02. The van der Waals surface area contributed by atoms with E-state index in [0.29, 0.717) is 23.5 Å². The van der Waals surface area contributed by atoms with Crippen LogP contribution in [0.2, 0.25) is 0 Å². The molecule has 2 aromatic heterocycles. The third-order valence-electron chi connectivity index (χ3n) is 8.13. The van der Waals surface area contributed by atoms with Crippen molar-refractivity contribution in [2.45, 2.75) is 57.4 Å². The molecule has 0 radical (unpaired) electrons. The Bertz CT molecular complexity index is 1170. The number of hydrogen-bond acceptors (Lipinski definition) is 5. The highest BCUT2D eigenvalue weighted by Crippen LogP contribution is 2.49. The van der Waals surface area contributed by atoms with E-state index >= 15 is 0 Å². The number of nitrogens with zero attached hydrogens (tertiary/aromatic N) is 4. The Morgan fingerprint density at radius 2 is 1.94 bits per heavy atom. The lowest BCUT2D eigenvalue weighted by atomic mass is 9.65. The van der Waals surface area contributed by atoms with Gasteiger partial charge in [0, 0.05) is 36.9 Å². The Labute approximate surface area is 202 Å². The molecular formula is C27H36N6O. The van der Waals surface area contributed by atoms with Crippen LogP contribution in [0.1, 0.15) is 67.9 Å². The SMILES string of the molecule is CCC1(n2c(C(=O)N(C)C)cc3cnc(Nc4ccc(C5CCNCC5)cc4)nc32)CC[C@H]1C. The first-order valence-electron chi connectivity index (χ1n) is 12.6. The first-order chi connectivity index (χ1) is 16.4. The van der Waals surface area contributed by atoms with Crippen LogP contribution in [0.25, 0.3) is 11.0 Å². The molecule has 2 N–H and O–H groups in total. The molecule has 180 valence electrons. The Balaban J connectivity index is 1.49. The predicted octanol–water partition coefficient (Wildman–Crippen LogP) is 4.88. The van der Waals surface area contributed by atoms with E-state index in [1.807, 2.05) is 12.3 Å². The van der Waals surface area contributed by atoms with Crippen molar-refractivity contribution in [1.29, 1.82) is 0 Å². The van der Waals surface area contributed by atoms with Crippen LogP contribution in [0.3, 0.4) is 0 Å². The normalized spacial score (nSPS) is 23.0. The third-order valence-corrected chi connectivity index (χ3v) is 8.13. The van der Waals surface area contributed by atoms with Crippen LogP contribution in [0.5, 0.6) is 0 Å². The minimum absolute atomic E-state index is 0.00735. The lowest BCUT2D eigenvalue weighted by Crippen LogP contribution is -2.49. The number of nitrogens with one attached hydrogen (secondary N) is 2. The van der Waals surface area contributed by atoms with E-state index in [1.54, 1.807) is 19.0 Å². The fourth-order valence-electron chi connectivity index (χ4n) is 5.79. The zero-order valence-corrected chi connectivity index (χ0v) is 20.8. The summed E-state index contributed by atoms with van der Waals surface area (Å²) in [5.74, 6) is 1.70. The summed E-state index contributed by atoms with van der Waals surface area (Å²) < 4.78 is 2.21. The van der Waals surface area contributed by atoms with Crippen molar-refractivity contribution in [3.8, 4) is 0 Å². The molecule has 1 saturated heterocycles. The predicted molar refractivity (Wildman–Crippen MR) is 137 cm³/mol. The number of fused-ring (bicyclic) bond motifs is 1. The van der Waals surface area contributed by atoms with E-state index in [2.05, 4.69) is 58.3 Å². The van der Waals surface area contributed by atoms with Crippen molar-refractivity contribution in [3.05, 3.63) is 47.8 Å². The molecule has 1 unspecified atom stereocenters. The molecule has 2 fully saturated rings. The molecule has 5 rings (SSSR count). The number of aromatic nitrogens is 3. The second-order valence-electron chi connectivity index (χ2n) is 10.2. The van der Waals surface area contributed by atoms with Crippen LogP contribution in [0.4, 0.5) is 11.6 Å². The van der Waals surface area contributed by atoms with Gasteiger partial charge in [-0.2, -0.15) is 4.98 Å². The number of piperidine rings is 1. The standard InChI is InChI=1S/C27H36N6O/c1-5-27(13-10-18(27)2)33-23(25(34)32(3)4)16-21-17-29-26(31-24(21)33)30-22-8-6-19(7-9-22)20-11-14-28-15-12-20/h6-9,16-18,20,28H,5,10-15H2,1-4H3,(H,29,30,31)/t18-,27?/m1/s1. The molecule has 3 heterocycles. The summed E-state index contributed by atoms with van der Waals surface area (Å²) in [6.45, 7) is 6.69. The van der Waals surface area contributed by atoms with Crippen molar-refractivity contribution in [3.63, 3.8) is 0 Å². The maximum atomic E-state index is 13.1. The van der Waals surface area contributed by atoms with Gasteiger partial charge < -0.3 is 20.1 Å². The number of carbonyl (C=O) groups excluding carboxylic acids is 1. The minimum atomic E-state index is -0.0785. The number of amides is 1. The highest BCUT2D eigenvalue weighted by atomic mass is 16.2. The van der Waals surface area contributed by atoms with Gasteiger partial charge in [-0.25, -0.2) is 4.98 Å². The van der Waals surface area contributed by atoms with Gasteiger partial charge in [-0.3, -0.25) is 4.79 Å². The molecule has 1 aliphatic heterocycles. The van der Waals surface area contributed by atoms with Crippen LogP contribution >= 0.6 is 0 Å². The lowest BCUT2D eigenvalue weighted by Gasteiger charge is -2.50. The topological polar surface area (TPSA) is 75.1 Å². The lowest BCUT2D eigenvalue weighted by molar-refractivity contribution is 0.0488. The van der Waals surface area contributed by atoms with Gasteiger partial charge in [-0.15, -0.1) is 0 Å². The molecule has 1 saturated carbocycles. The van der Waals surface area contributed by atoms with Crippen LogP contribution in [-0.4, -0.2) is 52.5 Å². The summed E-state index contributed by atoms with van der Waals surface area (Å²) in [5.41, 5.74) is 3.83. The van der Waals surface area contributed by atoms with Crippen LogP contribution in [0.15, 0.2) is 36.5 Å². The van der Waals surface area contributed by atoms with Gasteiger partial charge in [0.05, 0.1) is 0 Å². The summed E-state index contributed by atoms with van der Waals surface area (Å²) in [6.07, 6.45) is 7.42. The van der Waals surface area contributed by atoms with E-state index in [-0.39, 0.29) is 11.4 Å². The number of carbonyl (C=O) groups is 1.